The van der Waals surface area contributed by atoms with E-state index >= 15 is 0 Å². The fourth-order valence-electron chi connectivity index (χ4n) is 2.05. The fourth-order valence-corrected chi connectivity index (χ4v) is 2.42. The van der Waals surface area contributed by atoms with E-state index in [4.69, 9.17) is 27.9 Å². The van der Waals surface area contributed by atoms with Crippen LogP contribution in [0.25, 0.3) is 0 Å². The highest BCUT2D eigenvalue weighted by molar-refractivity contribution is 6.31. The molecule has 0 unspecified atom stereocenters. The number of hydrogen-bond acceptors (Lipinski definition) is 2. The van der Waals surface area contributed by atoms with Crippen LogP contribution in [-0.4, -0.2) is 6.61 Å². The van der Waals surface area contributed by atoms with Gasteiger partial charge in [-0.25, -0.2) is 0 Å². The maximum absolute atomic E-state index is 6.00. The molecule has 3 rings (SSSR count). The second kappa shape index (κ2) is 4.71. The zero-order valence-electron chi connectivity index (χ0n) is 9.49. The van der Waals surface area contributed by atoms with Crippen molar-refractivity contribution in [2.75, 3.05) is 11.9 Å². The summed E-state index contributed by atoms with van der Waals surface area (Å²) in [6.07, 6.45) is 0. The summed E-state index contributed by atoms with van der Waals surface area (Å²) in [7, 11) is 0. The van der Waals surface area contributed by atoms with Gasteiger partial charge in [0, 0.05) is 10.0 Å². The van der Waals surface area contributed by atoms with Crippen LogP contribution in [0.5, 0.6) is 5.75 Å². The SMILES string of the molecule is Clc1cccc([C@H]2COc3ccc(Cl)cc3N2)c1. The Morgan fingerprint density at radius 1 is 1.06 bits per heavy atom. The lowest BCUT2D eigenvalue weighted by atomic mass is 10.1. The van der Waals surface area contributed by atoms with Gasteiger partial charge in [-0.2, -0.15) is 0 Å². The summed E-state index contributed by atoms with van der Waals surface area (Å²) in [4.78, 5) is 0. The molecule has 1 aliphatic rings. The number of fused-ring (bicyclic) bond motifs is 1. The van der Waals surface area contributed by atoms with Crippen LogP contribution in [0.2, 0.25) is 10.0 Å². The minimum atomic E-state index is 0.0923. The molecule has 0 aromatic heterocycles. The molecule has 1 aliphatic heterocycles. The third-order valence-corrected chi connectivity index (χ3v) is 3.40. The maximum Gasteiger partial charge on any atom is 0.142 e. The van der Waals surface area contributed by atoms with Crippen LogP contribution in [0.1, 0.15) is 11.6 Å². The van der Waals surface area contributed by atoms with Crippen molar-refractivity contribution in [1.29, 1.82) is 0 Å². The average Bonchev–Trinajstić information content (AvgIpc) is 2.38. The average molecular weight is 280 g/mol. The molecule has 1 heterocycles. The zero-order chi connectivity index (χ0) is 12.5. The number of benzene rings is 2. The van der Waals surface area contributed by atoms with Gasteiger partial charge in [-0.1, -0.05) is 35.3 Å². The summed E-state index contributed by atoms with van der Waals surface area (Å²) < 4.78 is 5.72. The number of ether oxygens (including phenoxy) is 1. The number of nitrogens with one attached hydrogen (secondary N) is 1. The van der Waals surface area contributed by atoms with Crippen LogP contribution in [0.4, 0.5) is 5.69 Å². The van der Waals surface area contributed by atoms with Crippen molar-refractivity contribution in [2.24, 2.45) is 0 Å². The zero-order valence-corrected chi connectivity index (χ0v) is 11.0. The van der Waals surface area contributed by atoms with Gasteiger partial charge in [-0.15, -0.1) is 0 Å². The maximum atomic E-state index is 6.00. The molecular formula is C14H11Cl2NO. The molecule has 0 saturated heterocycles. The molecule has 0 radical (unpaired) electrons. The lowest BCUT2D eigenvalue weighted by molar-refractivity contribution is 0.286. The second-order valence-electron chi connectivity index (χ2n) is 4.20. The standard InChI is InChI=1S/C14H11Cl2NO/c15-10-3-1-2-9(6-10)13-8-18-14-5-4-11(16)7-12(14)17-13/h1-7,13,17H,8H2/t13-/m1/s1. The molecule has 1 atom stereocenters. The van der Waals surface area contributed by atoms with Gasteiger partial charge in [0.25, 0.3) is 0 Å². The van der Waals surface area contributed by atoms with Crippen molar-refractivity contribution >= 4 is 28.9 Å². The molecule has 18 heavy (non-hydrogen) atoms. The Bertz CT molecular complexity index is 586. The number of hydrogen-bond donors (Lipinski definition) is 1. The summed E-state index contributed by atoms with van der Waals surface area (Å²) in [5.41, 5.74) is 2.02. The highest BCUT2D eigenvalue weighted by Gasteiger charge is 2.20. The van der Waals surface area contributed by atoms with Gasteiger partial charge in [0.05, 0.1) is 11.7 Å². The molecule has 0 saturated carbocycles. The molecule has 0 bridgehead atoms. The Hall–Kier alpha value is -1.38. The van der Waals surface area contributed by atoms with Crippen molar-refractivity contribution in [3.8, 4) is 5.75 Å². The van der Waals surface area contributed by atoms with Crippen molar-refractivity contribution in [3.63, 3.8) is 0 Å². The predicted molar refractivity (Wildman–Crippen MR) is 74.8 cm³/mol. The van der Waals surface area contributed by atoms with E-state index in [0.29, 0.717) is 11.6 Å². The van der Waals surface area contributed by atoms with E-state index in [-0.39, 0.29) is 6.04 Å². The third-order valence-electron chi connectivity index (χ3n) is 2.93. The summed E-state index contributed by atoms with van der Waals surface area (Å²) >= 11 is 12.0. The van der Waals surface area contributed by atoms with Crippen LogP contribution < -0.4 is 10.1 Å². The summed E-state index contributed by atoms with van der Waals surface area (Å²) in [5, 5.41) is 4.83. The normalized spacial score (nSPS) is 17.6. The van der Waals surface area contributed by atoms with Crippen LogP contribution in [-0.2, 0) is 0 Å². The van der Waals surface area contributed by atoms with E-state index in [0.717, 1.165) is 22.0 Å². The molecular weight excluding hydrogens is 269 g/mol. The van der Waals surface area contributed by atoms with E-state index in [1.165, 1.54) is 0 Å². The van der Waals surface area contributed by atoms with Crippen molar-refractivity contribution in [1.82, 2.24) is 0 Å². The van der Waals surface area contributed by atoms with E-state index in [9.17, 15) is 0 Å². The fraction of sp³-hybridized carbons (Fsp3) is 0.143. The third kappa shape index (κ3) is 2.26. The number of rotatable bonds is 1. The van der Waals surface area contributed by atoms with Gasteiger partial charge >= 0.3 is 0 Å². The molecule has 2 nitrogen and oxygen atoms in total. The van der Waals surface area contributed by atoms with Crippen molar-refractivity contribution in [3.05, 3.63) is 58.1 Å². The molecule has 0 aliphatic carbocycles. The largest absolute Gasteiger partial charge is 0.489 e. The minimum Gasteiger partial charge on any atom is -0.489 e. The first-order chi connectivity index (χ1) is 8.72. The molecule has 0 fully saturated rings. The molecule has 2 aromatic rings. The van der Waals surface area contributed by atoms with Crippen LogP contribution >= 0.6 is 23.2 Å². The van der Waals surface area contributed by atoms with Crippen LogP contribution in [0, 0.1) is 0 Å². The molecule has 0 spiro atoms. The smallest absolute Gasteiger partial charge is 0.142 e. The van der Waals surface area contributed by atoms with E-state index in [1.54, 1.807) is 0 Å². The number of halogens is 2. The molecule has 92 valence electrons. The summed E-state index contributed by atoms with van der Waals surface area (Å²) in [6.45, 7) is 0.578. The summed E-state index contributed by atoms with van der Waals surface area (Å²) in [5.74, 6) is 0.831. The van der Waals surface area contributed by atoms with Gasteiger partial charge < -0.3 is 10.1 Å². The highest BCUT2D eigenvalue weighted by atomic mass is 35.5. The Labute approximate surface area is 115 Å². The topological polar surface area (TPSA) is 21.3 Å². The molecule has 1 N–H and O–H groups in total. The predicted octanol–water partition coefficient (Wildman–Crippen LogP) is 4.54. The van der Waals surface area contributed by atoms with Crippen molar-refractivity contribution < 1.29 is 4.74 Å². The minimum absolute atomic E-state index is 0.0923. The van der Waals surface area contributed by atoms with E-state index in [1.807, 2.05) is 42.5 Å². The Kier molecular flexibility index (Phi) is 3.06. The highest BCUT2D eigenvalue weighted by Crippen LogP contribution is 2.35. The van der Waals surface area contributed by atoms with Crippen molar-refractivity contribution in [2.45, 2.75) is 6.04 Å². The first kappa shape index (κ1) is 11.7. The van der Waals surface area contributed by atoms with Gasteiger partial charge in [-0.3, -0.25) is 0 Å². The van der Waals surface area contributed by atoms with Gasteiger partial charge in [0.2, 0.25) is 0 Å². The van der Waals surface area contributed by atoms with Crippen LogP contribution in [0.3, 0.4) is 0 Å². The number of anilines is 1. The monoisotopic (exact) mass is 279 g/mol. The first-order valence-corrected chi connectivity index (χ1v) is 6.42. The Morgan fingerprint density at radius 2 is 1.89 bits per heavy atom. The van der Waals surface area contributed by atoms with Gasteiger partial charge in [-0.05, 0) is 35.9 Å². The van der Waals surface area contributed by atoms with E-state index in [2.05, 4.69) is 5.32 Å². The quantitative estimate of drug-likeness (QED) is 0.828. The lowest BCUT2D eigenvalue weighted by Gasteiger charge is -2.28. The lowest BCUT2D eigenvalue weighted by Crippen LogP contribution is -2.23. The molecule has 0 amide bonds. The first-order valence-electron chi connectivity index (χ1n) is 5.67. The summed E-state index contributed by atoms with van der Waals surface area (Å²) in [6, 6.07) is 13.4. The second-order valence-corrected chi connectivity index (χ2v) is 5.08. The van der Waals surface area contributed by atoms with Gasteiger partial charge in [0.1, 0.15) is 12.4 Å². The Morgan fingerprint density at radius 3 is 2.72 bits per heavy atom. The van der Waals surface area contributed by atoms with Crippen LogP contribution in [0.15, 0.2) is 42.5 Å². The van der Waals surface area contributed by atoms with Gasteiger partial charge in [0.15, 0.2) is 0 Å². The van der Waals surface area contributed by atoms with E-state index < -0.39 is 0 Å². The molecule has 2 aromatic carbocycles. The Balaban J connectivity index is 1.90. The molecule has 4 heteroatoms.